The van der Waals surface area contributed by atoms with Crippen molar-refractivity contribution in [1.29, 1.82) is 0 Å². The van der Waals surface area contributed by atoms with E-state index in [4.69, 9.17) is 4.74 Å². The highest BCUT2D eigenvalue weighted by Gasteiger charge is 2.40. The molecule has 3 aromatic rings. The van der Waals surface area contributed by atoms with E-state index in [1.165, 1.54) is 20.9 Å². The van der Waals surface area contributed by atoms with Crippen LogP contribution in [-0.4, -0.2) is 29.7 Å². The van der Waals surface area contributed by atoms with Crippen molar-refractivity contribution in [1.82, 2.24) is 15.3 Å². The molecule has 2 aromatic heterocycles. The summed E-state index contributed by atoms with van der Waals surface area (Å²) in [5, 5.41) is 3.46. The molecule has 1 aromatic carbocycles. The topological polar surface area (TPSA) is 47.0 Å². The lowest BCUT2D eigenvalue weighted by molar-refractivity contribution is -0.0771. The molecule has 2 aliphatic rings. The highest BCUT2D eigenvalue weighted by atomic mass is 35.5. The van der Waals surface area contributed by atoms with Crippen LogP contribution in [0.5, 0.6) is 0 Å². The Kier molecular flexibility index (Phi) is 5.52. The molecule has 0 amide bonds. The zero-order chi connectivity index (χ0) is 18.3. The molecular weight excluding hydrogens is 390 g/mol. The van der Waals surface area contributed by atoms with Gasteiger partial charge in [0.2, 0.25) is 0 Å². The van der Waals surface area contributed by atoms with Crippen molar-refractivity contribution in [2.75, 3.05) is 19.7 Å². The second-order valence-corrected chi connectivity index (χ2v) is 8.52. The van der Waals surface area contributed by atoms with E-state index in [0.29, 0.717) is 0 Å². The maximum absolute atomic E-state index is 6.32. The monoisotopic (exact) mass is 413 g/mol. The van der Waals surface area contributed by atoms with Gasteiger partial charge in [-0.25, -0.2) is 9.97 Å². The van der Waals surface area contributed by atoms with Crippen LogP contribution >= 0.6 is 23.7 Å². The molecule has 4 nitrogen and oxygen atoms in total. The Hall–Kier alpha value is -1.79. The summed E-state index contributed by atoms with van der Waals surface area (Å²) in [5.41, 5.74) is 4.81. The van der Waals surface area contributed by atoms with Crippen molar-refractivity contribution in [3.8, 4) is 21.8 Å². The fourth-order valence-corrected chi connectivity index (χ4v) is 5.51. The number of aryl methyl sites for hydroxylation is 1. The molecule has 146 valence electrons. The fourth-order valence-electron chi connectivity index (χ4n) is 4.09. The molecule has 1 spiro atoms. The number of nitrogens with one attached hydrogen (secondary N) is 1. The molecule has 28 heavy (non-hydrogen) atoms. The molecular formula is C22H24ClN3OS. The number of hydrogen-bond acceptors (Lipinski definition) is 5. The number of thiophene rings is 1. The molecule has 1 saturated heterocycles. The van der Waals surface area contributed by atoms with Gasteiger partial charge in [0.05, 0.1) is 6.61 Å². The van der Waals surface area contributed by atoms with Crippen LogP contribution < -0.4 is 5.32 Å². The zero-order valence-electron chi connectivity index (χ0n) is 15.9. The van der Waals surface area contributed by atoms with Gasteiger partial charge in [0, 0.05) is 27.7 Å². The Labute approximate surface area is 175 Å². The summed E-state index contributed by atoms with van der Waals surface area (Å²) in [5.74, 6) is 0.777. The van der Waals surface area contributed by atoms with Gasteiger partial charge < -0.3 is 10.1 Å². The van der Waals surface area contributed by atoms with E-state index in [1.807, 2.05) is 30.7 Å². The minimum absolute atomic E-state index is 0. The van der Waals surface area contributed by atoms with Crippen LogP contribution in [0, 0.1) is 6.92 Å². The third-order valence-corrected chi connectivity index (χ3v) is 7.00. The minimum atomic E-state index is -0.0581. The van der Waals surface area contributed by atoms with Gasteiger partial charge in [0.15, 0.2) is 5.82 Å². The lowest BCUT2D eigenvalue weighted by atomic mass is 9.86. The average Bonchev–Trinajstić information content (AvgIpc) is 3.16. The van der Waals surface area contributed by atoms with Crippen LogP contribution in [0.15, 0.2) is 42.7 Å². The molecule has 1 N–H and O–H groups in total. The number of nitrogens with zero attached hydrogens (tertiary/aromatic N) is 2. The normalized spacial score (nSPS) is 17.8. The Morgan fingerprint density at radius 2 is 1.71 bits per heavy atom. The fraction of sp³-hybridized carbons (Fsp3) is 0.364. The second-order valence-electron chi connectivity index (χ2n) is 7.47. The summed E-state index contributed by atoms with van der Waals surface area (Å²) in [6.45, 7) is 4.92. The number of aromatic nitrogens is 2. The molecule has 6 heteroatoms. The van der Waals surface area contributed by atoms with E-state index < -0.39 is 0 Å². The molecule has 1 fully saturated rings. The number of hydrogen-bond donors (Lipinski definition) is 1. The first kappa shape index (κ1) is 19.5. The molecule has 0 atom stereocenters. The van der Waals surface area contributed by atoms with Crippen LogP contribution in [0.1, 0.15) is 28.8 Å². The van der Waals surface area contributed by atoms with Gasteiger partial charge in [-0.15, -0.1) is 23.7 Å². The van der Waals surface area contributed by atoms with Crippen molar-refractivity contribution in [3.05, 3.63) is 58.7 Å². The van der Waals surface area contributed by atoms with E-state index in [2.05, 4.69) is 45.6 Å². The lowest BCUT2D eigenvalue weighted by Gasteiger charge is -2.40. The molecule has 2 aliphatic heterocycles. The van der Waals surface area contributed by atoms with Gasteiger partial charge in [-0.2, -0.15) is 0 Å². The van der Waals surface area contributed by atoms with Crippen molar-refractivity contribution in [3.63, 3.8) is 0 Å². The van der Waals surface area contributed by atoms with E-state index in [9.17, 15) is 0 Å². The van der Waals surface area contributed by atoms with Crippen molar-refractivity contribution >= 4 is 23.7 Å². The van der Waals surface area contributed by atoms with Gasteiger partial charge in [-0.1, -0.05) is 24.3 Å². The van der Waals surface area contributed by atoms with E-state index >= 15 is 0 Å². The van der Waals surface area contributed by atoms with Crippen molar-refractivity contribution < 1.29 is 4.74 Å². The quantitative estimate of drug-likeness (QED) is 0.658. The average molecular weight is 414 g/mol. The van der Waals surface area contributed by atoms with E-state index in [0.717, 1.165) is 55.9 Å². The Morgan fingerprint density at radius 3 is 2.43 bits per heavy atom. The summed E-state index contributed by atoms with van der Waals surface area (Å²) >= 11 is 1.91. The SMILES string of the molecule is Cc1cnc(-c2ccc(-c3cc4c(s3)C3(CCNCC3)OCC4)cc2)nc1.Cl. The first-order chi connectivity index (χ1) is 13.2. The third-order valence-electron chi connectivity index (χ3n) is 5.59. The lowest BCUT2D eigenvalue weighted by Crippen LogP contribution is -2.43. The zero-order valence-corrected chi connectivity index (χ0v) is 17.5. The standard InChI is InChI=1S/C22H23N3OS.ClH/c1-15-13-24-21(25-14-15)17-4-2-16(3-5-17)19-12-18-6-11-26-22(20(18)27-19)7-9-23-10-8-22;/h2-5,12-14,23H,6-11H2,1H3;1H. The van der Waals surface area contributed by atoms with Gasteiger partial charge in [0.1, 0.15) is 5.60 Å². The number of piperidine rings is 1. The number of fused-ring (bicyclic) bond motifs is 2. The Balaban J connectivity index is 0.00000192. The van der Waals surface area contributed by atoms with Crippen molar-refractivity contribution in [2.45, 2.75) is 31.8 Å². The summed E-state index contributed by atoms with van der Waals surface area (Å²) in [6, 6.07) is 11.0. The molecule has 0 radical (unpaired) electrons. The predicted octanol–water partition coefficient (Wildman–Crippen LogP) is 4.75. The molecule has 0 saturated carbocycles. The van der Waals surface area contributed by atoms with Gasteiger partial charge in [-0.3, -0.25) is 0 Å². The van der Waals surface area contributed by atoms with E-state index in [-0.39, 0.29) is 18.0 Å². The Morgan fingerprint density at radius 1 is 1.04 bits per heavy atom. The van der Waals surface area contributed by atoms with Crippen LogP contribution in [0.25, 0.3) is 21.8 Å². The van der Waals surface area contributed by atoms with Gasteiger partial charge in [-0.05, 0) is 62.0 Å². The van der Waals surface area contributed by atoms with Crippen LogP contribution in [-0.2, 0) is 16.8 Å². The first-order valence-electron chi connectivity index (χ1n) is 9.61. The number of benzene rings is 1. The first-order valence-corrected chi connectivity index (χ1v) is 10.4. The predicted molar refractivity (Wildman–Crippen MR) is 116 cm³/mol. The van der Waals surface area contributed by atoms with Crippen LogP contribution in [0.4, 0.5) is 0 Å². The molecule has 4 heterocycles. The summed E-state index contributed by atoms with van der Waals surface area (Å²) in [4.78, 5) is 11.6. The summed E-state index contributed by atoms with van der Waals surface area (Å²) in [6.07, 6.45) is 6.90. The summed E-state index contributed by atoms with van der Waals surface area (Å²) < 4.78 is 6.32. The highest BCUT2D eigenvalue weighted by Crippen LogP contribution is 2.46. The largest absolute Gasteiger partial charge is 0.369 e. The molecule has 5 rings (SSSR count). The molecule has 0 unspecified atom stereocenters. The van der Waals surface area contributed by atoms with Crippen molar-refractivity contribution in [2.24, 2.45) is 0 Å². The maximum atomic E-state index is 6.32. The highest BCUT2D eigenvalue weighted by molar-refractivity contribution is 7.15. The second kappa shape index (κ2) is 7.91. The smallest absolute Gasteiger partial charge is 0.159 e. The number of halogens is 1. The Bertz CT molecular complexity index is 947. The van der Waals surface area contributed by atoms with Gasteiger partial charge >= 0.3 is 0 Å². The minimum Gasteiger partial charge on any atom is -0.369 e. The maximum Gasteiger partial charge on any atom is 0.159 e. The number of ether oxygens (including phenoxy) is 1. The van der Waals surface area contributed by atoms with Crippen LogP contribution in [0.3, 0.4) is 0 Å². The number of rotatable bonds is 2. The third kappa shape index (κ3) is 3.48. The van der Waals surface area contributed by atoms with E-state index in [1.54, 1.807) is 0 Å². The summed E-state index contributed by atoms with van der Waals surface area (Å²) in [7, 11) is 0. The molecule has 0 aliphatic carbocycles. The van der Waals surface area contributed by atoms with Crippen LogP contribution in [0.2, 0.25) is 0 Å². The van der Waals surface area contributed by atoms with Gasteiger partial charge in [0.25, 0.3) is 0 Å². The molecule has 0 bridgehead atoms.